The molecule has 0 spiro atoms. The summed E-state index contributed by atoms with van der Waals surface area (Å²) in [6, 6.07) is 0. The lowest BCUT2D eigenvalue weighted by atomic mass is 10.0. The first-order chi connectivity index (χ1) is 5.11. The molecule has 2 unspecified atom stereocenters. The van der Waals surface area contributed by atoms with Crippen LogP contribution < -0.4 is 0 Å². The van der Waals surface area contributed by atoms with Crippen LogP contribution in [0.25, 0.3) is 0 Å². The molecule has 1 saturated carbocycles. The molecule has 2 atom stereocenters. The summed E-state index contributed by atoms with van der Waals surface area (Å²) in [5.74, 6) is -0.930. The molecular weight excluding hydrogens is 144 g/mol. The highest BCUT2D eigenvalue weighted by Gasteiger charge is 2.29. The summed E-state index contributed by atoms with van der Waals surface area (Å²) in [5.41, 5.74) is 0. The highest BCUT2D eigenvalue weighted by molar-refractivity contribution is 5.70. The zero-order valence-electron chi connectivity index (χ0n) is 6.66. The molecule has 1 aliphatic carbocycles. The summed E-state index contributed by atoms with van der Waals surface area (Å²) >= 11 is 0. The van der Waals surface area contributed by atoms with Gasteiger partial charge in [-0.3, -0.25) is 4.79 Å². The molecule has 1 rings (SSSR count). The van der Waals surface area contributed by atoms with Gasteiger partial charge in [0.2, 0.25) is 0 Å². The van der Waals surface area contributed by atoms with Crippen LogP contribution in [0.3, 0.4) is 0 Å². The number of rotatable bonds is 4. The average molecular weight is 158 g/mol. The van der Waals surface area contributed by atoms with Crippen molar-refractivity contribution in [3.63, 3.8) is 0 Å². The highest BCUT2D eigenvalue weighted by Crippen LogP contribution is 2.34. The van der Waals surface area contributed by atoms with E-state index in [-0.39, 0.29) is 0 Å². The predicted octanol–water partition coefficient (Wildman–Crippen LogP) is 0.868. The number of carboxylic acids is 1. The fourth-order valence-corrected chi connectivity index (χ4v) is 1.06. The SMILES string of the molecule is CC(C(=O)O)C(O)CC1CC1. The smallest absolute Gasteiger partial charge is 0.308 e. The van der Waals surface area contributed by atoms with Crippen molar-refractivity contribution in [1.82, 2.24) is 0 Å². The number of carbonyl (C=O) groups is 1. The van der Waals surface area contributed by atoms with Crippen molar-refractivity contribution < 1.29 is 15.0 Å². The molecule has 64 valence electrons. The molecule has 0 radical (unpaired) electrons. The quantitative estimate of drug-likeness (QED) is 0.638. The molecule has 0 bridgehead atoms. The third kappa shape index (κ3) is 2.50. The second-order valence-electron chi connectivity index (χ2n) is 3.37. The molecule has 1 fully saturated rings. The Labute approximate surface area is 66.0 Å². The van der Waals surface area contributed by atoms with Crippen LogP contribution >= 0.6 is 0 Å². The lowest BCUT2D eigenvalue weighted by molar-refractivity contribution is -0.145. The first-order valence-corrected chi connectivity index (χ1v) is 4.02. The van der Waals surface area contributed by atoms with Gasteiger partial charge in [0, 0.05) is 0 Å². The first-order valence-electron chi connectivity index (χ1n) is 4.02. The van der Waals surface area contributed by atoms with Gasteiger partial charge in [-0.2, -0.15) is 0 Å². The number of hydrogen-bond donors (Lipinski definition) is 2. The van der Waals surface area contributed by atoms with E-state index < -0.39 is 18.0 Å². The van der Waals surface area contributed by atoms with Gasteiger partial charge in [0.1, 0.15) is 0 Å². The summed E-state index contributed by atoms with van der Waals surface area (Å²) in [6.45, 7) is 1.55. The van der Waals surface area contributed by atoms with Crippen molar-refractivity contribution >= 4 is 5.97 Å². The maximum absolute atomic E-state index is 10.4. The van der Waals surface area contributed by atoms with E-state index in [4.69, 9.17) is 5.11 Å². The Morgan fingerprint density at radius 1 is 1.64 bits per heavy atom. The van der Waals surface area contributed by atoms with E-state index >= 15 is 0 Å². The zero-order valence-corrected chi connectivity index (χ0v) is 6.66. The van der Waals surface area contributed by atoms with Gasteiger partial charge in [-0.25, -0.2) is 0 Å². The molecule has 3 nitrogen and oxygen atoms in total. The third-order valence-corrected chi connectivity index (χ3v) is 2.24. The van der Waals surface area contributed by atoms with Crippen LogP contribution in [0.2, 0.25) is 0 Å². The maximum atomic E-state index is 10.4. The van der Waals surface area contributed by atoms with Gasteiger partial charge >= 0.3 is 5.97 Å². The highest BCUT2D eigenvalue weighted by atomic mass is 16.4. The first kappa shape index (κ1) is 8.53. The molecule has 1 aliphatic rings. The summed E-state index contributed by atoms with van der Waals surface area (Å²) in [5, 5.41) is 17.8. The van der Waals surface area contributed by atoms with Gasteiger partial charge in [-0.05, 0) is 19.3 Å². The van der Waals surface area contributed by atoms with Gasteiger partial charge in [-0.15, -0.1) is 0 Å². The minimum Gasteiger partial charge on any atom is -0.481 e. The average Bonchev–Trinajstić information content (AvgIpc) is 2.69. The van der Waals surface area contributed by atoms with E-state index in [1.54, 1.807) is 6.92 Å². The van der Waals surface area contributed by atoms with Gasteiger partial charge in [0.05, 0.1) is 12.0 Å². The normalized spacial score (nSPS) is 22.7. The van der Waals surface area contributed by atoms with Crippen LogP contribution in [0.15, 0.2) is 0 Å². The monoisotopic (exact) mass is 158 g/mol. The largest absolute Gasteiger partial charge is 0.481 e. The van der Waals surface area contributed by atoms with Crippen molar-refractivity contribution in [1.29, 1.82) is 0 Å². The van der Waals surface area contributed by atoms with Gasteiger partial charge in [0.25, 0.3) is 0 Å². The van der Waals surface area contributed by atoms with Crippen LogP contribution in [-0.4, -0.2) is 22.3 Å². The number of aliphatic hydroxyl groups is 1. The summed E-state index contributed by atoms with van der Waals surface area (Å²) in [4.78, 5) is 10.4. The van der Waals surface area contributed by atoms with Gasteiger partial charge in [-0.1, -0.05) is 12.8 Å². The van der Waals surface area contributed by atoms with E-state index in [1.165, 1.54) is 0 Å². The Morgan fingerprint density at radius 2 is 2.18 bits per heavy atom. The minimum absolute atomic E-state index is 0.590. The van der Waals surface area contributed by atoms with E-state index in [2.05, 4.69) is 0 Å². The topological polar surface area (TPSA) is 57.5 Å². The second-order valence-corrected chi connectivity index (χ2v) is 3.37. The van der Waals surface area contributed by atoms with E-state index in [0.717, 1.165) is 12.8 Å². The van der Waals surface area contributed by atoms with Crippen molar-refractivity contribution in [2.75, 3.05) is 0 Å². The number of aliphatic carboxylic acids is 1. The lowest BCUT2D eigenvalue weighted by Crippen LogP contribution is -2.25. The molecule has 0 aromatic carbocycles. The number of carboxylic acid groups (broad SMARTS) is 1. The number of aliphatic hydroxyl groups excluding tert-OH is 1. The molecule has 2 N–H and O–H groups in total. The molecule has 3 heteroatoms. The fraction of sp³-hybridized carbons (Fsp3) is 0.875. The molecule has 0 aromatic rings. The Morgan fingerprint density at radius 3 is 2.55 bits per heavy atom. The summed E-state index contributed by atoms with van der Waals surface area (Å²) in [6.07, 6.45) is 2.32. The van der Waals surface area contributed by atoms with Crippen LogP contribution in [0.4, 0.5) is 0 Å². The van der Waals surface area contributed by atoms with Crippen LogP contribution in [0, 0.1) is 11.8 Å². The van der Waals surface area contributed by atoms with E-state index in [0.29, 0.717) is 12.3 Å². The van der Waals surface area contributed by atoms with E-state index in [1.807, 2.05) is 0 Å². The predicted molar refractivity (Wildman–Crippen MR) is 40.1 cm³/mol. The van der Waals surface area contributed by atoms with Crippen molar-refractivity contribution in [3.8, 4) is 0 Å². The maximum Gasteiger partial charge on any atom is 0.308 e. The lowest BCUT2D eigenvalue weighted by Gasteiger charge is -2.13. The molecule has 0 aliphatic heterocycles. The Hall–Kier alpha value is -0.570. The third-order valence-electron chi connectivity index (χ3n) is 2.24. The second kappa shape index (κ2) is 3.22. The summed E-state index contributed by atoms with van der Waals surface area (Å²) in [7, 11) is 0. The van der Waals surface area contributed by atoms with Crippen LogP contribution in [0.1, 0.15) is 26.2 Å². The Kier molecular flexibility index (Phi) is 2.49. The molecule has 0 aromatic heterocycles. The van der Waals surface area contributed by atoms with Crippen LogP contribution in [0.5, 0.6) is 0 Å². The molecule has 0 amide bonds. The molecule has 0 heterocycles. The molecular formula is C8H14O3. The number of hydrogen-bond acceptors (Lipinski definition) is 2. The Balaban J connectivity index is 2.26. The van der Waals surface area contributed by atoms with Gasteiger partial charge < -0.3 is 10.2 Å². The fourth-order valence-electron chi connectivity index (χ4n) is 1.06. The van der Waals surface area contributed by atoms with E-state index in [9.17, 15) is 9.90 Å². The van der Waals surface area contributed by atoms with Crippen molar-refractivity contribution in [3.05, 3.63) is 0 Å². The van der Waals surface area contributed by atoms with Crippen LogP contribution in [-0.2, 0) is 4.79 Å². The standard InChI is InChI=1S/C8H14O3/c1-5(8(10)11)7(9)4-6-2-3-6/h5-7,9H,2-4H2,1H3,(H,10,11). The molecule has 0 saturated heterocycles. The van der Waals surface area contributed by atoms with Crippen molar-refractivity contribution in [2.45, 2.75) is 32.3 Å². The van der Waals surface area contributed by atoms with Gasteiger partial charge in [0.15, 0.2) is 0 Å². The zero-order chi connectivity index (χ0) is 8.43. The van der Waals surface area contributed by atoms with Crippen molar-refractivity contribution in [2.24, 2.45) is 11.8 Å². The molecule has 11 heavy (non-hydrogen) atoms. The Bertz CT molecular complexity index is 151. The summed E-state index contributed by atoms with van der Waals surface area (Å²) < 4.78 is 0. The minimum atomic E-state index is -0.904.